The van der Waals surface area contributed by atoms with Crippen molar-refractivity contribution in [3.8, 4) is 12.1 Å². The highest BCUT2D eigenvalue weighted by molar-refractivity contribution is 5.77. The molecule has 11 heteroatoms. The Morgan fingerprint density at radius 1 is 1.14 bits per heavy atom. The molecule has 1 fully saturated rings. The molecule has 0 unspecified atom stereocenters. The van der Waals surface area contributed by atoms with Gasteiger partial charge in [0.25, 0.3) is 0 Å². The summed E-state index contributed by atoms with van der Waals surface area (Å²) in [7, 11) is 1.43. The van der Waals surface area contributed by atoms with Gasteiger partial charge in [-0.2, -0.15) is 20.2 Å². The highest BCUT2D eigenvalue weighted by Gasteiger charge is 2.20. The van der Waals surface area contributed by atoms with Crippen molar-refractivity contribution in [3.63, 3.8) is 0 Å². The van der Waals surface area contributed by atoms with Gasteiger partial charge in [-0.15, -0.1) is 0 Å². The van der Waals surface area contributed by atoms with Crippen molar-refractivity contribution in [2.24, 2.45) is 0 Å². The number of carbonyl (C=O) groups is 1. The number of benzene rings is 2. The Bertz CT molecular complexity index is 1220. The molecule has 36 heavy (non-hydrogen) atoms. The molecule has 0 spiro atoms. The normalized spacial score (nSPS) is 14.4. The molecule has 3 aromatic rings. The van der Waals surface area contributed by atoms with E-state index in [1.807, 2.05) is 24.3 Å². The van der Waals surface area contributed by atoms with Crippen molar-refractivity contribution in [2.75, 3.05) is 43.9 Å². The monoisotopic (exact) mass is 488 g/mol. The zero-order valence-corrected chi connectivity index (χ0v) is 19.9. The highest BCUT2D eigenvalue weighted by Crippen LogP contribution is 2.20. The zero-order chi connectivity index (χ0) is 25.3. The Kier molecular flexibility index (Phi) is 8.23. The van der Waals surface area contributed by atoms with Crippen molar-refractivity contribution in [2.45, 2.75) is 19.0 Å². The molecule has 0 saturated carbocycles. The van der Waals surface area contributed by atoms with Crippen LogP contribution in [0.5, 0.6) is 6.01 Å². The number of piperazine rings is 1. The van der Waals surface area contributed by atoms with Crippen LogP contribution in [0.2, 0.25) is 0 Å². The van der Waals surface area contributed by atoms with Gasteiger partial charge in [-0.05, 0) is 35.4 Å². The van der Waals surface area contributed by atoms with E-state index in [0.29, 0.717) is 5.56 Å². The molecule has 186 valence electrons. The number of nitrogens with zero attached hydrogens (tertiary/aromatic N) is 5. The van der Waals surface area contributed by atoms with Crippen molar-refractivity contribution in [1.82, 2.24) is 25.2 Å². The number of carboxylic acid groups (broad SMARTS) is 1. The van der Waals surface area contributed by atoms with E-state index in [-0.39, 0.29) is 24.3 Å². The third-order valence-electron chi connectivity index (χ3n) is 5.72. The van der Waals surface area contributed by atoms with Crippen molar-refractivity contribution >= 4 is 23.6 Å². The van der Waals surface area contributed by atoms with E-state index in [1.165, 1.54) is 7.11 Å². The topological polar surface area (TPSA) is 148 Å². The standard InChI is InChI=1S/C25H28N8O3/c1-36-25-31-23(28-20-4-2-3-19(13-20)16-33-11-9-27-10-12-33)30-24(32-25)29-21(22(34)35)14-17-5-7-18(15-26)8-6-17/h2-8,13,21,27H,9-12,14,16H2,1H3,(H,34,35)(H2,28,29,30,31,32)/t21-/m0/s1. The van der Waals surface area contributed by atoms with E-state index >= 15 is 0 Å². The summed E-state index contributed by atoms with van der Waals surface area (Å²) in [5.74, 6) is -0.762. The maximum atomic E-state index is 11.9. The number of nitrogens with one attached hydrogen (secondary N) is 3. The largest absolute Gasteiger partial charge is 0.480 e. The maximum absolute atomic E-state index is 11.9. The predicted molar refractivity (Wildman–Crippen MR) is 134 cm³/mol. The molecule has 2 heterocycles. The number of nitriles is 1. The molecule has 4 rings (SSSR count). The summed E-state index contributed by atoms with van der Waals surface area (Å²) in [6.45, 7) is 4.83. The van der Waals surface area contributed by atoms with Gasteiger partial charge >= 0.3 is 12.0 Å². The van der Waals surface area contributed by atoms with E-state index < -0.39 is 12.0 Å². The molecule has 1 aromatic heterocycles. The highest BCUT2D eigenvalue weighted by atomic mass is 16.5. The van der Waals surface area contributed by atoms with Crippen molar-refractivity contribution in [3.05, 3.63) is 65.2 Å². The number of aliphatic carboxylic acids is 1. The van der Waals surface area contributed by atoms with Crippen LogP contribution in [0, 0.1) is 11.3 Å². The molecule has 1 saturated heterocycles. The molecule has 2 aromatic carbocycles. The van der Waals surface area contributed by atoms with Gasteiger partial charge in [0.2, 0.25) is 11.9 Å². The predicted octanol–water partition coefficient (Wildman–Crippen LogP) is 2.01. The van der Waals surface area contributed by atoms with Crippen LogP contribution in [0.3, 0.4) is 0 Å². The number of carboxylic acids is 1. The number of hydrogen-bond acceptors (Lipinski definition) is 10. The molecule has 1 aliphatic rings. The minimum atomic E-state index is -1.06. The molecule has 0 bridgehead atoms. The maximum Gasteiger partial charge on any atom is 0.326 e. The number of hydrogen-bond donors (Lipinski definition) is 4. The van der Waals surface area contributed by atoms with Gasteiger partial charge in [-0.3, -0.25) is 4.90 Å². The van der Waals surface area contributed by atoms with Gasteiger partial charge < -0.3 is 25.8 Å². The Morgan fingerprint density at radius 2 is 1.89 bits per heavy atom. The number of aromatic nitrogens is 3. The molecule has 1 aliphatic heterocycles. The lowest BCUT2D eigenvalue weighted by Crippen LogP contribution is -2.42. The number of rotatable bonds is 10. The Balaban J connectivity index is 1.48. The van der Waals surface area contributed by atoms with Crippen LogP contribution < -0.4 is 20.7 Å². The summed E-state index contributed by atoms with van der Waals surface area (Å²) >= 11 is 0. The first-order valence-electron chi connectivity index (χ1n) is 11.6. The summed E-state index contributed by atoms with van der Waals surface area (Å²) in [5.41, 5.74) is 3.23. The summed E-state index contributed by atoms with van der Waals surface area (Å²) in [5, 5.41) is 28.1. The average Bonchev–Trinajstić information content (AvgIpc) is 2.89. The van der Waals surface area contributed by atoms with E-state index in [2.05, 4.69) is 41.9 Å². The summed E-state index contributed by atoms with van der Waals surface area (Å²) in [4.78, 5) is 27.1. The second-order valence-corrected chi connectivity index (χ2v) is 8.37. The van der Waals surface area contributed by atoms with Crippen molar-refractivity contribution < 1.29 is 14.6 Å². The average molecular weight is 489 g/mol. The molecule has 0 amide bonds. The minimum Gasteiger partial charge on any atom is -0.480 e. The van der Waals surface area contributed by atoms with Crippen LogP contribution in [0.1, 0.15) is 16.7 Å². The Labute approximate surface area is 209 Å². The van der Waals surface area contributed by atoms with Gasteiger partial charge in [0.05, 0.1) is 18.7 Å². The summed E-state index contributed by atoms with van der Waals surface area (Å²) in [6.07, 6.45) is 0.172. The molecule has 0 aliphatic carbocycles. The fourth-order valence-corrected chi connectivity index (χ4v) is 3.88. The van der Waals surface area contributed by atoms with E-state index in [0.717, 1.165) is 49.5 Å². The van der Waals surface area contributed by atoms with Gasteiger partial charge in [0, 0.05) is 44.8 Å². The smallest absolute Gasteiger partial charge is 0.326 e. The SMILES string of the molecule is COc1nc(Nc2cccc(CN3CCNCC3)c2)nc(N[C@@H](Cc2ccc(C#N)cc2)C(=O)O)n1. The number of methoxy groups -OCH3 is 1. The number of anilines is 3. The Morgan fingerprint density at radius 3 is 2.58 bits per heavy atom. The second kappa shape index (κ2) is 11.9. The molecule has 11 nitrogen and oxygen atoms in total. The van der Waals surface area contributed by atoms with E-state index in [4.69, 9.17) is 10.00 Å². The first-order chi connectivity index (χ1) is 17.5. The van der Waals surface area contributed by atoms with Crippen LogP contribution in [0.15, 0.2) is 48.5 Å². The fourth-order valence-electron chi connectivity index (χ4n) is 3.88. The van der Waals surface area contributed by atoms with Crippen LogP contribution in [-0.4, -0.2) is 70.3 Å². The third kappa shape index (κ3) is 6.88. The van der Waals surface area contributed by atoms with Crippen LogP contribution in [0.25, 0.3) is 0 Å². The minimum absolute atomic E-state index is 0.0504. The number of ether oxygens (including phenoxy) is 1. The van der Waals surface area contributed by atoms with Gasteiger partial charge in [-0.1, -0.05) is 24.3 Å². The fraction of sp³-hybridized carbons (Fsp3) is 0.320. The van der Waals surface area contributed by atoms with E-state index in [9.17, 15) is 9.90 Å². The molecule has 4 N–H and O–H groups in total. The van der Waals surface area contributed by atoms with E-state index in [1.54, 1.807) is 24.3 Å². The first kappa shape index (κ1) is 24.8. The summed E-state index contributed by atoms with van der Waals surface area (Å²) in [6, 6.07) is 15.9. The second-order valence-electron chi connectivity index (χ2n) is 8.37. The lowest BCUT2D eigenvalue weighted by molar-refractivity contribution is -0.137. The molecule has 0 radical (unpaired) electrons. The quantitative estimate of drug-likeness (QED) is 0.332. The van der Waals surface area contributed by atoms with Gasteiger partial charge in [-0.25, -0.2) is 4.79 Å². The van der Waals surface area contributed by atoms with Gasteiger partial charge in [0.15, 0.2) is 0 Å². The van der Waals surface area contributed by atoms with Gasteiger partial charge in [0.1, 0.15) is 6.04 Å². The van der Waals surface area contributed by atoms with Crippen LogP contribution >= 0.6 is 0 Å². The first-order valence-corrected chi connectivity index (χ1v) is 11.6. The molecule has 1 atom stereocenters. The van der Waals surface area contributed by atoms with Crippen LogP contribution in [-0.2, 0) is 17.8 Å². The van der Waals surface area contributed by atoms with Crippen molar-refractivity contribution in [1.29, 1.82) is 5.26 Å². The lowest BCUT2D eigenvalue weighted by atomic mass is 10.0. The molecular weight excluding hydrogens is 460 g/mol. The summed E-state index contributed by atoms with van der Waals surface area (Å²) < 4.78 is 5.21. The third-order valence-corrected chi connectivity index (χ3v) is 5.72. The lowest BCUT2D eigenvalue weighted by Gasteiger charge is -2.27. The molecular formula is C25H28N8O3. The zero-order valence-electron chi connectivity index (χ0n) is 19.9. The Hall–Kier alpha value is -4.27. The van der Waals surface area contributed by atoms with Crippen LogP contribution in [0.4, 0.5) is 17.6 Å².